The lowest BCUT2D eigenvalue weighted by Gasteiger charge is -2.11. The summed E-state index contributed by atoms with van der Waals surface area (Å²) in [5.41, 5.74) is 4.50. The summed E-state index contributed by atoms with van der Waals surface area (Å²) in [6.45, 7) is 5.57. The third-order valence-corrected chi connectivity index (χ3v) is 8.64. The fraction of sp³-hybridized carbons (Fsp3) is 0.296. The molecule has 9 nitrogen and oxygen atoms in total. The summed E-state index contributed by atoms with van der Waals surface area (Å²) in [5.74, 6) is -0.250. The monoisotopic (exact) mass is 519 g/mol. The number of carbonyl (C=O) groups excluding carboxylic acids is 1. The van der Waals surface area contributed by atoms with E-state index in [1.807, 2.05) is 12.1 Å². The van der Waals surface area contributed by atoms with Gasteiger partial charge in [0.05, 0.1) is 34.3 Å². The van der Waals surface area contributed by atoms with Crippen molar-refractivity contribution >= 4 is 32.6 Å². The molecule has 3 heterocycles. The van der Waals surface area contributed by atoms with E-state index in [1.54, 1.807) is 62.6 Å². The molecule has 0 bridgehead atoms. The van der Waals surface area contributed by atoms with Gasteiger partial charge in [0, 0.05) is 36.5 Å². The van der Waals surface area contributed by atoms with Crippen LogP contribution in [0.3, 0.4) is 0 Å². The van der Waals surface area contributed by atoms with Crippen LogP contribution >= 0.6 is 0 Å². The summed E-state index contributed by atoms with van der Waals surface area (Å²) in [6.07, 6.45) is 4.29. The van der Waals surface area contributed by atoms with Crippen molar-refractivity contribution in [2.75, 3.05) is 18.5 Å². The van der Waals surface area contributed by atoms with Crippen molar-refractivity contribution in [3.63, 3.8) is 0 Å². The van der Waals surface area contributed by atoms with E-state index < -0.39 is 15.1 Å². The first-order valence-electron chi connectivity index (χ1n) is 12.2. The van der Waals surface area contributed by atoms with Gasteiger partial charge in [-0.1, -0.05) is 24.3 Å². The number of H-pyrrole nitrogens is 1. The Bertz CT molecular complexity index is 1510. The predicted molar refractivity (Wildman–Crippen MR) is 142 cm³/mol. The molecule has 37 heavy (non-hydrogen) atoms. The minimum atomic E-state index is -3.36. The Morgan fingerprint density at radius 2 is 1.89 bits per heavy atom. The highest BCUT2D eigenvalue weighted by Gasteiger charge is 2.19. The summed E-state index contributed by atoms with van der Waals surface area (Å²) in [6, 6.07) is 14.4. The smallest absolute Gasteiger partial charge is 0.255 e. The first kappa shape index (κ1) is 25.1. The van der Waals surface area contributed by atoms with Crippen LogP contribution < -0.4 is 10.6 Å². The Morgan fingerprint density at radius 1 is 1.14 bits per heavy atom. The summed E-state index contributed by atoms with van der Waals surface area (Å²) in [4.78, 5) is 25.3. The van der Waals surface area contributed by atoms with Crippen LogP contribution in [0.4, 0.5) is 5.69 Å². The van der Waals surface area contributed by atoms with E-state index in [0.29, 0.717) is 34.2 Å². The molecule has 5 rings (SSSR count). The van der Waals surface area contributed by atoms with Gasteiger partial charge in [0.1, 0.15) is 5.52 Å². The lowest BCUT2D eigenvalue weighted by Crippen LogP contribution is -2.28. The maximum absolute atomic E-state index is 12.9. The molecule has 0 spiro atoms. The first-order chi connectivity index (χ1) is 17.8. The number of ether oxygens (including phenoxy) is 1. The van der Waals surface area contributed by atoms with Gasteiger partial charge in [0.25, 0.3) is 5.91 Å². The number of benzene rings is 2. The van der Waals surface area contributed by atoms with Crippen molar-refractivity contribution in [2.45, 2.75) is 43.0 Å². The number of hydrogen-bond donors (Lipinski definition) is 3. The number of amides is 1. The summed E-state index contributed by atoms with van der Waals surface area (Å²) < 4.78 is 30.2. The zero-order chi connectivity index (χ0) is 26.0. The highest BCUT2D eigenvalue weighted by Crippen LogP contribution is 2.26. The molecule has 1 fully saturated rings. The van der Waals surface area contributed by atoms with E-state index in [1.165, 1.54) is 0 Å². The predicted octanol–water partition coefficient (Wildman–Crippen LogP) is 3.94. The van der Waals surface area contributed by atoms with Crippen LogP contribution in [0.5, 0.6) is 0 Å². The molecule has 0 saturated carbocycles. The first-order valence-corrected chi connectivity index (χ1v) is 13.8. The normalized spacial score (nSPS) is 15.9. The Kier molecular flexibility index (Phi) is 7.05. The maximum atomic E-state index is 12.9. The standard InChI is InChI=1S/C27H29N5O4S/c1-17(2)37(34,35)22-9-7-19(8-10-22)23-14-29-26-25(31-23)24(15-30-26)32-27(33)20-5-3-18(4-6-20)13-28-21-11-12-36-16-21/h3-10,14-15,17,21,28H,11-13,16H2,1-2H3,(H,29,30)(H,32,33)/t21-/m0/s1. The zero-order valence-corrected chi connectivity index (χ0v) is 21.5. The number of aromatic amines is 1. The number of fused-ring (bicyclic) bond motifs is 1. The molecular weight excluding hydrogens is 490 g/mol. The van der Waals surface area contributed by atoms with Crippen LogP contribution in [-0.4, -0.2) is 53.8 Å². The topological polar surface area (TPSA) is 126 Å². The van der Waals surface area contributed by atoms with Gasteiger partial charge in [-0.05, 0) is 50.1 Å². The van der Waals surface area contributed by atoms with Gasteiger partial charge in [-0.15, -0.1) is 0 Å². The summed E-state index contributed by atoms with van der Waals surface area (Å²) >= 11 is 0. The van der Waals surface area contributed by atoms with E-state index in [0.717, 1.165) is 37.3 Å². The van der Waals surface area contributed by atoms with Crippen LogP contribution in [0.25, 0.3) is 22.4 Å². The molecule has 10 heteroatoms. The fourth-order valence-electron chi connectivity index (χ4n) is 4.14. The van der Waals surface area contributed by atoms with Gasteiger partial charge in [-0.3, -0.25) is 4.79 Å². The lowest BCUT2D eigenvalue weighted by molar-refractivity contribution is 0.102. The van der Waals surface area contributed by atoms with Crippen molar-refractivity contribution in [1.29, 1.82) is 0 Å². The second-order valence-electron chi connectivity index (χ2n) is 9.37. The number of nitrogens with one attached hydrogen (secondary N) is 3. The molecule has 3 N–H and O–H groups in total. The van der Waals surface area contributed by atoms with E-state index in [2.05, 4.69) is 25.6 Å². The van der Waals surface area contributed by atoms with Crippen LogP contribution in [0.2, 0.25) is 0 Å². The fourth-order valence-corrected chi connectivity index (χ4v) is 5.20. The number of rotatable bonds is 8. The highest BCUT2D eigenvalue weighted by atomic mass is 32.2. The third kappa shape index (κ3) is 5.41. The third-order valence-electron chi connectivity index (χ3n) is 6.47. The number of nitrogens with zero attached hydrogens (tertiary/aromatic N) is 2. The van der Waals surface area contributed by atoms with Crippen LogP contribution in [0.1, 0.15) is 36.2 Å². The van der Waals surface area contributed by atoms with Crippen molar-refractivity contribution in [1.82, 2.24) is 20.3 Å². The Hall–Kier alpha value is -3.60. The molecule has 0 aliphatic carbocycles. The number of hydrogen-bond acceptors (Lipinski definition) is 7. The molecule has 192 valence electrons. The molecule has 2 aromatic heterocycles. The van der Waals surface area contributed by atoms with E-state index in [9.17, 15) is 13.2 Å². The molecule has 1 aliphatic heterocycles. The molecule has 1 atom stereocenters. The van der Waals surface area contributed by atoms with E-state index >= 15 is 0 Å². The SMILES string of the molecule is CC(C)S(=O)(=O)c1ccc(-c2cnc3[nH]cc(NC(=O)c4ccc(CN[C@H]5CCOC5)cc4)c3n2)cc1. The molecule has 0 unspecified atom stereocenters. The van der Waals surface area contributed by atoms with E-state index in [-0.39, 0.29) is 10.8 Å². The van der Waals surface area contributed by atoms with Crippen LogP contribution in [0, 0.1) is 0 Å². The molecule has 1 aliphatic rings. The Labute approximate surface area is 215 Å². The molecule has 4 aromatic rings. The average molecular weight is 520 g/mol. The van der Waals surface area contributed by atoms with Crippen LogP contribution in [-0.2, 0) is 21.1 Å². The van der Waals surface area contributed by atoms with Gasteiger partial charge >= 0.3 is 0 Å². The van der Waals surface area contributed by atoms with Gasteiger partial charge in [0.15, 0.2) is 15.5 Å². The summed E-state index contributed by atoms with van der Waals surface area (Å²) in [5, 5.41) is 5.88. The number of aromatic nitrogens is 3. The highest BCUT2D eigenvalue weighted by molar-refractivity contribution is 7.92. The number of anilines is 1. The molecular formula is C27H29N5O4S. The maximum Gasteiger partial charge on any atom is 0.255 e. The molecule has 2 aromatic carbocycles. The van der Waals surface area contributed by atoms with Gasteiger partial charge in [-0.25, -0.2) is 18.4 Å². The zero-order valence-electron chi connectivity index (χ0n) is 20.7. The van der Waals surface area contributed by atoms with Crippen molar-refractivity contribution in [3.05, 3.63) is 72.1 Å². The second kappa shape index (κ2) is 10.4. The van der Waals surface area contributed by atoms with Gasteiger partial charge < -0.3 is 20.4 Å². The largest absolute Gasteiger partial charge is 0.380 e. The van der Waals surface area contributed by atoms with Crippen LogP contribution in [0.15, 0.2) is 65.8 Å². The quantitative estimate of drug-likeness (QED) is 0.322. The van der Waals surface area contributed by atoms with Crippen molar-refractivity contribution in [2.24, 2.45) is 0 Å². The minimum absolute atomic E-state index is 0.250. The average Bonchev–Trinajstić information content (AvgIpc) is 3.58. The Balaban J connectivity index is 1.30. The van der Waals surface area contributed by atoms with Crippen molar-refractivity contribution < 1.29 is 17.9 Å². The summed E-state index contributed by atoms with van der Waals surface area (Å²) in [7, 11) is -3.36. The molecule has 1 saturated heterocycles. The van der Waals surface area contributed by atoms with Gasteiger partial charge in [0.2, 0.25) is 0 Å². The Morgan fingerprint density at radius 3 is 2.57 bits per heavy atom. The molecule has 0 radical (unpaired) electrons. The second-order valence-corrected chi connectivity index (χ2v) is 11.9. The van der Waals surface area contributed by atoms with Gasteiger partial charge in [-0.2, -0.15) is 0 Å². The number of sulfone groups is 1. The lowest BCUT2D eigenvalue weighted by atomic mass is 10.1. The molecule has 1 amide bonds. The van der Waals surface area contributed by atoms with E-state index in [4.69, 9.17) is 4.74 Å². The minimum Gasteiger partial charge on any atom is -0.380 e. The number of carbonyl (C=O) groups is 1. The van der Waals surface area contributed by atoms with Crippen molar-refractivity contribution in [3.8, 4) is 11.3 Å².